The number of hydrogen-bond acceptors (Lipinski definition) is 2. The summed E-state index contributed by atoms with van der Waals surface area (Å²) in [6.07, 6.45) is 0. The van der Waals surface area contributed by atoms with Crippen molar-refractivity contribution in [1.29, 1.82) is 0 Å². The van der Waals surface area contributed by atoms with Gasteiger partial charge in [-0.25, -0.2) is 0 Å². The maximum absolute atomic E-state index is 5.17. The topological polar surface area (TPSA) is 26.2 Å². The number of nitrogens with one attached hydrogen (secondary N) is 1. The Morgan fingerprint density at radius 1 is 1.09 bits per heavy atom. The summed E-state index contributed by atoms with van der Waals surface area (Å²) >= 11 is 0. The summed E-state index contributed by atoms with van der Waals surface area (Å²) in [4.78, 5) is 0. The van der Waals surface area contributed by atoms with E-state index in [1.807, 2.05) is 0 Å². The van der Waals surface area contributed by atoms with Gasteiger partial charge in [-0.05, 0) is 37.6 Å². The third-order valence-corrected chi connectivity index (χ3v) is 4.22. The molecule has 0 spiro atoms. The van der Waals surface area contributed by atoms with Crippen molar-refractivity contribution < 1.29 is 4.74 Å². The molecule has 1 heterocycles. The van der Waals surface area contributed by atoms with Crippen molar-refractivity contribution in [2.45, 2.75) is 33.0 Å². The lowest BCUT2D eigenvalue weighted by Crippen LogP contribution is -2.29. The first-order valence-corrected chi connectivity index (χ1v) is 7.96. The molecule has 1 atom stereocenters. The van der Waals surface area contributed by atoms with Gasteiger partial charge in [-0.1, -0.05) is 24.3 Å². The highest BCUT2D eigenvalue weighted by molar-refractivity contribution is 6.08. The van der Waals surface area contributed by atoms with Gasteiger partial charge in [0.2, 0.25) is 0 Å². The molecule has 0 saturated carbocycles. The van der Waals surface area contributed by atoms with Gasteiger partial charge >= 0.3 is 0 Å². The fraction of sp³-hybridized carbons (Fsp3) is 0.368. The van der Waals surface area contributed by atoms with Crippen LogP contribution in [0.2, 0.25) is 0 Å². The molecule has 124 valence electrons. The minimum atomic E-state index is 0. The van der Waals surface area contributed by atoms with Crippen LogP contribution < -0.4 is 5.32 Å². The molecule has 3 nitrogen and oxygen atoms in total. The van der Waals surface area contributed by atoms with Crippen molar-refractivity contribution in [3.05, 3.63) is 48.0 Å². The molecular weight excluding hydrogens is 308 g/mol. The Kier molecular flexibility index (Phi) is 6.05. The number of hydrogen-bond donors (Lipinski definition) is 1. The predicted octanol–water partition coefficient (Wildman–Crippen LogP) is 4.36. The first-order valence-electron chi connectivity index (χ1n) is 7.96. The Balaban J connectivity index is 0.00000192. The van der Waals surface area contributed by atoms with E-state index in [4.69, 9.17) is 4.74 Å². The van der Waals surface area contributed by atoms with Gasteiger partial charge in [0.1, 0.15) is 0 Å². The van der Waals surface area contributed by atoms with Crippen molar-refractivity contribution in [3.63, 3.8) is 0 Å². The summed E-state index contributed by atoms with van der Waals surface area (Å²) in [6.45, 7) is 6.94. The van der Waals surface area contributed by atoms with Crippen molar-refractivity contribution in [3.8, 4) is 0 Å². The summed E-state index contributed by atoms with van der Waals surface area (Å²) in [5.41, 5.74) is 3.95. The van der Waals surface area contributed by atoms with Gasteiger partial charge < -0.3 is 14.6 Å². The summed E-state index contributed by atoms with van der Waals surface area (Å²) in [6, 6.07) is 15.8. The van der Waals surface area contributed by atoms with Crippen LogP contribution in [0.3, 0.4) is 0 Å². The van der Waals surface area contributed by atoms with Gasteiger partial charge in [0, 0.05) is 48.0 Å². The van der Waals surface area contributed by atoms with Crippen LogP contribution in [-0.4, -0.2) is 24.3 Å². The third kappa shape index (κ3) is 3.52. The van der Waals surface area contributed by atoms with E-state index in [-0.39, 0.29) is 12.4 Å². The SMILES string of the molecule is CCn1c2ccccc2c2cc(CNC(C)COC)ccc21.Cl. The van der Waals surface area contributed by atoms with Crippen LogP contribution in [0, 0.1) is 0 Å². The van der Waals surface area contributed by atoms with Crippen molar-refractivity contribution in [2.24, 2.45) is 0 Å². The lowest BCUT2D eigenvalue weighted by molar-refractivity contribution is 0.171. The van der Waals surface area contributed by atoms with Gasteiger partial charge in [-0.3, -0.25) is 0 Å². The highest BCUT2D eigenvalue weighted by Gasteiger charge is 2.09. The Labute approximate surface area is 144 Å². The van der Waals surface area contributed by atoms with Crippen molar-refractivity contribution in [1.82, 2.24) is 9.88 Å². The predicted molar refractivity (Wildman–Crippen MR) is 101 cm³/mol. The van der Waals surface area contributed by atoms with Gasteiger partial charge in [0.15, 0.2) is 0 Å². The maximum atomic E-state index is 5.17. The number of nitrogens with zero attached hydrogens (tertiary/aromatic N) is 1. The summed E-state index contributed by atoms with van der Waals surface area (Å²) in [5, 5.41) is 6.18. The van der Waals surface area contributed by atoms with Crippen LogP contribution in [-0.2, 0) is 17.8 Å². The first kappa shape index (κ1) is 17.8. The second-order valence-electron chi connectivity index (χ2n) is 5.85. The lowest BCUT2D eigenvalue weighted by atomic mass is 10.1. The summed E-state index contributed by atoms with van der Waals surface area (Å²) < 4.78 is 7.56. The number of aromatic nitrogens is 1. The Hall–Kier alpha value is -1.55. The van der Waals surface area contributed by atoms with E-state index in [1.54, 1.807) is 7.11 Å². The molecule has 0 fully saturated rings. The van der Waals surface area contributed by atoms with E-state index in [1.165, 1.54) is 27.4 Å². The molecule has 0 radical (unpaired) electrons. The zero-order valence-electron chi connectivity index (χ0n) is 14.0. The van der Waals surface area contributed by atoms with Crippen LogP contribution in [0.5, 0.6) is 0 Å². The van der Waals surface area contributed by atoms with Crippen LogP contribution in [0.4, 0.5) is 0 Å². The molecule has 1 N–H and O–H groups in total. The molecule has 4 heteroatoms. The molecule has 3 rings (SSSR count). The van der Waals surface area contributed by atoms with E-state index in [0.717, 1.165) is 19.7 Å². The van der Waals surface area contributed by atoms with Crippen molar-refractivity contribution >= 4 is 34.2 Å². The molecule has 0 saturated heterocycles. The second-order valence-corrected chi connectivity index (χ2v) is 5.85. The Morgan fingerprint density at radius 2 is 1.83 bits per heavy atom. The number of para-hydroxylation sites is 1. The largest absolute Gasteiger partial charge is 0.383 e. The number of fused-ring (bicyclic) bond motifs is 3. The van der Waals surface area contributed by atoms with E-state index in [2.05, 4.69) is 66.2 Å². The molecule has 0 aliphatic rings. The van der Waals surface area contributed by atoms with Crippen LogP contribution in [0.1, 0.15) is 19.4 Å². The minimum Gasteiger partial charge on any atom is -0.383 e. The van der Waals surface area contributed by atoms with E-state index in [9.17, 15) is 0 Å². The molecule has 23 heavy (non-hydrogen) atoms. The van der Waals surface area contributed by atoms with Crippen LogP contribution >= 0.6 is 12.4 Å². The smallest absolute Gasteiger partial charge is 0.0613 e. The van der Waals surface area contributed by atoms with Crippen molar-refractivity contribution in [2.75, 3.05) is 13.7 Å². The fourth-order valence-corrected chi connectivity index (χ4v) is 3.15. The average molecular weight is 333 g/mol. The summed E-state index contributed by atoms with van der Waals surface area (Å²) in [7, 11) is 1.74. The van der Waals surface area contributed by atoms with E-state index >= 15 is 0 Å². The number of benzene rings is 2. The first-order chi connectivity index (χ1) is 10.7. The monoisotopic (exact) mass is 332 g/mol. The minimum absolute atomic E-state index is 0. The molecule has 0 aliphatic heterocycles. The number of halogens is 1. The quantitative estimate of drug-likeness (QED) is 0.725. The number of ether oxygens (including phenoxy) is 1. The highest BCUT2D eigenvalue weighted by atomic mass is 35.5. The highest BCUT2D eigenvalue weighted by Crippen LogP contribution is 2.29. The molecule has 0 amide bonds. The van der Waals surface area contributed by atoms with E-state index < -0.39 is 0 Å². The zero-order chi connectivity index (χ0) is 15.5. The van der Waals surface area contributed by atoms with E-state index in [0.29, 0.717) is 6.04 Å². The molecule has 1 aromatic heterocycles. The standard InChI is InChI=1S/C19H24N2O.ClH/c1-4-21-18-8-6-5-7-16(18)17-11-15(9-10-19(17)21)12-20-14(2)13-22-3;/h5-11,14,20H,4,12-13H2,1-3H3;1H. The molecule has 2 aromatic carbocycles. The second kappa shape index (κ2) is 7.82. The van der Waals surface area contributed by atoms with Gasteiger partial charge in [0.25, 0.3) is 0 Å². The molecule has 3 aromatic rings. The third-order valence-electron chi connectivity index (χ3n) is 4.22. The maximum Gasteiger partial charge on any atom is 0.0613 e. The van der Waals surface area contributed by atoms with Crippen LogP contribution in [0.25, 0.3) is 21.8 Å². The number of aryl methyl sites for hydroxylation is 1. The molecular formula is C19H25ClN2O. The van der Waals surface area contributed by atoms with Gasteiger partial charge in [-0.2, -0.15) is 0 Å². The van der Waals surface area contributed by atoms with Crippen LogP contribution in [0.15, 0.2) is 42.5 Å². The average Bonchev–Trinajstić information content (AvgIpc) is 2.86. The molecule has 0 bridgehead atoms. The Morgan fingerprint density at radius 3 is 2.57 bits per heavy atom. The number of methoxy groups -OCH3 is 1. The normalized spacial score (nSPS) is 12.5. The molecule has 0 aliphatic carbocycles. The number of rotatable bonds is 6. The zero-order valence-corrected chi connectivity index (χ0v) is 14.8. The van der Waals surface area contributed by atoms with Gasteiger partial charge in [-0.15, -0.1) is 12.4 Å². The fourth-order valence-electron chi connectivity index (χ4n) is 3.15. The Bertz CT molecular complexity index is 781. The lowest BCUT2D eigenvalue weighted by Gasteiger charge is -2.12. The molecule has 1 unspecified atom stereocenters. The summed E-state index contributed by atoms with van der Waals surface area (Å²) in [5.74, 6) is 0. The van der Waals surface area contributed by atoms with Gasteiger partial charge in [0.05, 0.1) is 6.61 Å².